The molecule has 176 valence electrons. The largest absolute Gasteiger partial charge is 0.354 e. The average Bonchev–Trinajstić information content (AvgIpc) is 3.25. The van der Waals surface area contributed by atoms with Crippen LogP contribution in [-0.4, -0.2) is 72.3 Å². The summed E-state index contributed by atoms with van der Waals surface area (Å²) in [6.07, 6.45) is 2.61. The summed E-state index contributed by atoms with van der Waals surface area (Å²) < 4.78 is 1.49. The fourth-order valence-electron chi connectivity index (χ4n) is 5.13. The zero-order chi connectivity index (χ0) is 22.8. The number of fused-ring (bicyclic) bond motifs is 1. The first-order valence-electron chi connectivity index (χ1n) is 12.0. The number of hydrogen-bond acceptors (Lipinski definition) is 6. The second-order valence-electron chi connectivity index (χ2n) is 9.46. The molecule has 3 unspecified atom stereocenters. The molecule has 33 heavy (non-hydrogen) atoms. The molecule has 0 bridgehead atoms. The third-order valence-electron chi connectivity index (χ3n) is 7.17. The maximum absolute atomic E-state index is 12.6. The van der Waals surface area contributed by atoms with E-state index in [9.17, 15) is 9.59 Å². The van der Waals surface area contributed by atoms with Crippen molar-refractivity contribution in [3.05, 3.63) is 52.6 Å². The molecule has 1 aromatic heterocycles. The van der Waals surface area contributed by atoms with E-state index in [4.69, 9.17) is 0 Å². The number of amides is 2. The molecule has 9 nitrogen and oxygen atoms in total. The molecule has 5 rings (SSSR count). The lowest BCUT2D eigenvalue weighted by atomic mass is 10.1. The van der Waals surface area contributed by atoms with Crippen LogP contribution < -0.4 is 27.0 Å². The van der Waals surface area contributed by atoms with E-state index in [1.54, 1.807) is 17.2 Å². The Morgan fingerprint density at radius 1 is 1.12 bits per heavy atom. The van der Waals surface area contributed by atoms with Gasteiger partial charge in [-0.05, 0) is 74.5 Å². The lowest BCUT2D eigenvalue weighted by Gasteiger charge is -2.27. The zero-order valence-corrected chi connectivity index (χ0v) is 19.1. The Morgan fingerprint density at radius 2 is 1.85 bits per heavy atom. The number of nitrogens with zero attached hydrogens (tertiary/aromatic N) is 3. The Labute approximate surface area is 194 Å². The summed E-state index contributed by atoms with van der Waals surface area (Å²) in [5.41, 5.74) is 1.58. The number of carbonyl (C=O) groups excluding carboxylic acids is 1. The smallest absolute Gasteiger partial charge is 0.322 e. The number of piperidine rings is 1. The first-order valence-corrected chi connectivity index (χ1v) is 12.0. The van der Waals surface area contributed by atoms with Crippen molar-refractivity contribution in [3.8, 4) is 5.69 Å². The van der Waals surface area contributed by atoms with Gasteiger partial charge in [-0.3, -0.25) is 9.88 Å². The number of piperazine rings is 1. The predicted molar refractivity (Wildman–Crippen MR) is 128 cm³/mol. The standard InChI is InChI=1S/C24H33N7O2/c1-16(27-15-21-19-13-26-14-20(19)21)12-17-2-4-18(5-3-17)31-9-6-22(29-24(31)33)28-23(32)30-10-7-25-8-11-30/h2-6,9,16,19-21,25-27H,7-8,10-15H2,1H3,(H,28,29,32,33)/t16?,19-,20?,21?/m0/s1. The highest BCUT2D eigenvalue weighted by Crippen LogP contribution is 2.48. The van der Waals surface area contributed by atoms with E-state index in [1.165, 1.54) is 23.2 Å². The molecule has 9 heteroatoms. The molecule has 1 aliphatic carbocycles. The minimum absolute atomic E-state index is 0.227. The lowest BCUT2D eigenvalue weighted by molar-refractivity contribution is 0.204. The minimum Gasteiger partial charge on any atom is -0.322 e. The summed E-state index contributed by atoms with van der Waals surface area (Å²) >= 11 is 0. The molecule has 3 aliphatic rings. The highest BCUT2D eigenvalue weighted by atomic mass is 16.2. The molecular formula is C24H33N7O2. The van der Waals surface area contributed by atoms with Gasteiger partial charge in [0.15, 0.2) is 0 Å². The van der Waals surface area contributed by atoms with Crippen molar-refractivity contribution in [2.24, 2.45) is 17.8 Å². The second-order valence-corrected chi connectivity index (χ2v) is 9.46. The maximum Gasteiger partial charge on any atom is 0.354 e. The Morgan fingerprint density at radius 3 is 2.55 bits per heavy atom. The number of hydrogen-bond donors (Lipinski definition) is 4. The van der Waals surface area contributed by atoms with Crippen molar-refractivity contribution in [2.75, 3.05) is 51.1 Å². The number of anilines is 1. The quantitative estimate of drug-likeness (QED) is 0.493. The number of benzene rings is 1. The minimum atomic E-state index is -0.416. The maximum atomic E-state index is 12.6. The van der Waals surface area contributed by atoms with Crippen LogP contribution in [0, 0.1) is 17.8 Å². The molecule has 2 aromatic rings. The van der Waals surface area contributed by atoms with Crippen LogP contribution in [0.4, 0.5) is 10.6 Å². The molecular weight excluding hydrogens is 418 g/mol. The Hall–Kier alpha value is -2.75. The number of carbonyl (C=O) groups is 1. The molecule has 2 aliphatic heterocycles. The van der Waals surface area contributed by atoms with E-state index in [0.717, 1.165) is 49.5 Å². The van der Waals surface area contributed by atoms with E-state index in [2.05, 4.69) is 45.3 Å². The van der Waals surface area contributed by atoms with E-state index >= 15 is 0 Å². The number of rotatable bonds is 7. The first-order chi connectivity index (χ1) is 16.1. The van der Waals surface area contributed by atoms with Gasteiger partial charge in [-0.1, -0.05) is 12.1 Å². The van der Waals surface area contributed by atoms with Crippen LogP contribution >= 0.6 is 0 Å². The molecule has 1 saturated carbocycles. The van der Waals surface area contributed by atoms with Crippen LogP contribution in [-0.2, 0) is 6.42 Å². The van der Waals surface area contributed by atoms with Gasteiger partial charge in [-0.15, -0.1) is 0 Å². The van der Waals surface area contributed by atoms with Crippen LogP contribution in [0.25, 0.3) is 5.69 Å². The van der Waals surface area contributed by atoms with Gasteiger partial charge >= 0.3 is 11.7 Å². The van der Waals surface area contributed by atoms with E-state index in [0.29, 0.717) is 19.1 Å². The average molecular weight is 452 g/mol. The molecule has 3 fully saturated rings. The van der Waals surface area contributed by atoms with Gasteiger partial charge in [0, 0.05) is 38.4 Å². The second kappa shape index (κ2) is 9.62. The number of aromatic nitrogens is 2. The van der Waals surface area contributed by atoms with Gasteiger partial charge in [0.05, 0.1) is 5.69 Å². The highest BCUT2D eigenvalue weighted by molar-refractivity contribution is 5.88. The fraction of sp³-hybridized carbons (Fsp3) is 0.542. The van der Waals surface area contributed by atoms with Gasteiger partial charge in [-0.25, -0.2) is 9.59 Å². The summed E-state index contributed by atoms with van der Waals surface area (Å²) in [6.45, 7) is 8.53. The monoisotopic (exact) mass is 451 g/mol. The van der Waals surface area contributed by atoms with Crippen molar-refractivity contribution in [3.63, 3.8) is 0 Å². The number of nitrogens with one attached hydrogen (secondary N) is 4. The van der Waals surface area contributed by atoms with Gasteiger partial charge in [0.2, 0.25) is 0 Å². The molecule has 1 aromatic carbocycles. The number of urea groups is 1. The molecule has 3 heterocycles. The third kappa shape index (κ3) is 5.10. The fourth-order valence-corrected chi connectivity index (χ4v) is 5.13. The lowest BCUT2D eigenvalue weighted by Crippen LogP contribution is -2.48. The Bertz CT molecular complexity index is 1020. The topological polar surface area (TPSA) is 103 Å². The summed E-state index contributed by atoms with van der Waals surface area (Å²) in [6, 6.07) is 9.86. The molecule has 0 spiro atoms. The Balaban J connectivity index is 1.14. The van der Waals surface area contributed by atoms with E-state index in [-0.39, 0.29) is 11.8 Å². The Kier molecular flexibility index (Phi) is 6.43. The normalized spacial score (nSPS) is 24.9. The van der Waals surface area contributed by atoms with E-state index < -0.39 is 5.69 Å². The van der Waals surface area contributed by atoms with E-state index in [1.807, 2.05) is 12.1 Å². The first kappa shape index (κ1) is 22.1. The highest BCUT2D eigenvalue weighted by Gasteiger charge is 2.52. The van der Waals surface area contributed by atoms with Crippen molar-refractivity contribution in [1.29, 1.82) is 0 Å². The van der Waals surface area contributed by atoms with Crippen molar-refractivity contribution in [2.45, 2.75) is 19.4 Å². The molecule has 0 radical (unpaired) electrons. The SMILES string of the molecule is CC(Cc1ccc(-n2ccc(NC(=O)N3CCNCC3)nc2=O)cc1)NCC1C2CNC[C@@H]21. The van der Waals surface area contributed by atoms with Crippen LogP contribution in [0.3, 0.4) is 0 Å². The van der Waals surface area contributed by atoms with Crippen LogP contribution in [0.1, 0.15) is 12.5 Å². The van der Waals surface area contributed by atoms with Crippen LogP contribution in [0.2, 0.25) is 0 Å². The predicted octanol–water partition coefficient (Wildman–Crippen LogP) is 0.656. The molecule has 4 N–H and O–H groups in total. The van der Waals surface area contributed by atoms with Crippen molar-refractivity contribution < 1.29 is 4.79 Å². The summed E-state index contributed by atoms with van der Waals surface area (Å²) in [4.78, 5) is 30.6. The van der Waals surface area contributed by atoms with Gasteiger partial charge in [0.1, 0.15) is 5.82 Å². The third-order valence-corrected chi connectivity index (χ3v) is 7.17. The van der Waals surface area contributed by atoms with Gasteiger partial charge in [0.25, 0.3) is 0 Å². The van der Waals surface area contributed by atoms with Gasteiger partial charge in [-0.2, -0.15) is 4.98 Å². The molecule has 2 saturated heterocycles. The summed E-state index contributed by atoms with van der Waals surface area (Å²) in [5.74, 6) is 2.89. The van der Waals surface area contributed by atoms with Crippen LogP contribution in [0.5, 0.6) is 0 Å². The zero-order valence-electron chi connectivity index (χ0n) is 19.1. The molecule has 2 amide bonds. The molecule has 4 atom stereocenters. The van der Waals surface area contributed by atoms with Gasteiger partial charge < -0.3 is 20.9 Å². The summed E-state index contributed by atoms with van der Waals surface area (Å²) in [5, 5.41) is 13.1. The van der Waals surface area contributed by atoms with Crippen molar-refractivity contribution in [1.82, 2.24) is 30.4 Å². The summed E-state index contributed by atoms with van der Waals surface area (Å²) in [7, 11) is 0. The van der Waals surface area contributed by atoms with Crippen molar-refractivity contribution >= 4 is 11.8 Å². The van der Waals surface area contributed by atoms with Crippen LogP contribution in [0.15, 0.2) is 41.3 Å².